The van der Waals surface area contributed by atoms with E-state index >= 15 is 0 Å². The number of rotatable bonds is 6. The van der Waals surface area contributed by atoms with Crippen molar-refractivity contribution in [1.82, 2.24) is 10.6 Å². The molecule has 2 atom stereocenters. The number of amides is 2. The number of anilines is 1. The first kappa shape index (κ1) is 23.7. The van der Waals surface area contributed by atoms with Gasteiger partial charge in [-0.1, -0.05) is 26.2 Å². The predicted molar refractivity (Wildman–Crippen MR) is 121 cm³/mol. The highest BCUT2D eigenvalue weighted by Gasteiger charge is 2.22. The van der Waals surface area contributed by atoms with E-state index in [1.807, 2.05) is 25.1 Å². The first-order valence-corrected chi connectivity index (χ1v) is 10.9. The largest absolute Gasteiger partial charge is 0.349 e. The second-order valence-electron chi connectivity index (χ2n) is 8.67. The van der Waals surface area contributed by atoms with Gasteiger partial charge in [-0.2, -0.15) is 0 Å². The van der Waals surface area contributed by atoms with E-state index in [0.717, 1.165) is 37.2 Å². The number of halogens is 1. The van der Waals surface area contributed by atoms with Crippen LogP contribution in [0.5, 0.6) is 0 Å². The van der Waals surface area contributed by atoms with Gasteiger partial charge in [-0.05, 0) is 81.3 Å². The number of carbonyl (C=O) groups is 2. The average Bonchev–Trinajstić information content (AvgIpc) is 2.71. The summed E-state index contributed by atoms with van der Waals surface area (Å²) in [4.78, 5) is 25.0. The number of piperidine rings is 1. The molecule has 0 bridgehead atoms. The molecule has 1 aliphatic heterocycles. The molecule has 2 amide bonds. The summed E-state index contributed by atoms with van der Waals surface area (Å²) in [7, 11) is 0. The lowest BCUT2D eigenvalue weighted by Gasteiger charge is -2.28. The Morgan fingerprint density at radius 1 is 1.14 bits per heavy atom. The normalized spacial score (nSPS) is 21.0. The van der Waals surface area contributed by atoms with E-state index in [1.165, 1.54) is 32.1 Å². The standard InChI is InChI=1S/C23H35N3O2.ClH/c1-16(19-7-6-12-24-15-19)14-22(27)26-21-11-10-18(13-17(21)2)23(28)25-20-8-4-3-5-9-20;/h10-11,13,16,19-20,24H,3-9,12,14-15H2,1-2H3,(H,25,28)(H,26,27);1H. The maximum absolute atomic E-state index is 12.5. The fourth-order valence-corrected chi connectivity index (χ4v) is 4.49. The van der Waals surface area contributed by atoms with Gasteiger partial charge in [0.2, 0.25) is 5.91 Å². The van der Waals surface area contributed by atoms with Gasteiger partial charge in [-0.25, -0.2) is 0 Å². The number of aryl methyl sites for hydroxylation is 1. The van der Waals surface area contributed by atoms with E-state index in [4.69, 9.17) is 0 Å². The SMILES string of the molecule is Cc1cc(C(=O)NC2CCCCC2)ccc1NC(=O)CC(C)C1CCCNC1.Cl. The second kappa shape index (κ2) is 11.6. The Morgan fingerprint density at radius 3 is 2.55 bits per heavy atom. The first-order valence-electron chi connectivity index (χ1n) is 10.9. The van der Waals surface area contributed by atoms with Gasteiger partial charge in [0.05, 0.1) is 0 Å². The van der Waals surface area contributed by atoms with Crippen molar-refractivity contribution in [2.75, 3.05) is 18.4 Å². The second-order valence-corrected chi connectivity index (χ2v) is 8.67. The number of hydrogen-bond donors (Lipinski definition) is 3. The maximum Gasteiger partial charge on any atom is 0.251 e. The molecule has 0 aromatic heterocycles. The summed E-state index contributed by atoms with van der Waals surface area (Å²) in [6.07, 6.45) is 8.76. The number of benzene rings is 1. The van der Waals surface area contributed by atoms with E-state index in [0.29, 0.717) is 29.9 Å². The minimum absolute atomic E-state index is 0. The zero-order valence-electron chi connectivity index (χ0n) is 17.8. The van der Waals surface area contributed by atoms with Crippen molar-refractivity contribution in [3.8, 4) is 0 Å². The fraction of sp³-hybridized carbons (Fsp3) is 0.652. The zero-order chi connectivity index (χ0) is 19.9. The van der Waals surface area contributed by atoms with Gasteiger partial charge >= 0.3 is 0 Å². The van der Waals surface area contributed by atoms with Crippen molar-refractivity contribution in [2.45, 2.75) is 71.3 Å². The molecule has 3 N–H and O–H groups in total. The lowest BCUT2D eigenvalue weighted by atomic mass is 9.85. The van der Waals surface area contributed by atoms with E-state index in [9.17, 15) is 9.59 Å². The van der Waals surface area contributed by atoms with Crippen LogP contribution in [-0.2, 0) is 4.79 Å². The van der Waals surface area contributed by atoms with Gasteiger partial charge in [-0.3, -0.25) is 9.59 Å². The van der Waals surface area contributed by atoms with Crippen LogP contribution in [0.3, 0.4) is 0 Å². The summed E-state index contributed by atoms with van der Waals surface area (Å²) < 4.78 is 0. The molecule has 1 aliphatic carbocycles. The van der Waals surface area contributed by atoms with Gasteiger partial charge < -0.3 is 16.0 Å². The summed E-state index contributed by atoms with van der Waals surface area (Å²) in [5.41, 5.74) is 2.40. The Bertz CT molecular complexity index is 683. The summed E-state index contributed by atoms with van der Waals surface area (Å²) in [5.74, 6) is 0.993. The Labute approximate surface area is 181 Å². The smallest absolute Gasteiger partial charge is 0.251 e. The maximum atomic E-state index is 12.5. The molecule has 2 fully saturated rings. The van der Waals surface area contributed by atoms with Crippen molar-refractivity contribution < 1.29 is 9.59 Å². The van der Waals surface area contributed by atoms with Gasteiger partial charge in [0.15, 0.2) is 0 Å². The Morgan fingerprint density at radius 2 is 1.90 bits per heavy atom. The number of carbonyl (C=O) groups excluding carboxylic acids is 2. The third kappa shape index (κ3) is 7.00. The van der Waals surface area contributed by atoms with Gasteiger partial charge in [0.1, 0.15) is 0 Å². The van der Waals surface area contributed by atoms with Crippen molar-refractivity contribution in [3.05, 3.63) is 29.3 Å². The molecule has 5 nitrogen and oxygen atoms in total. The molecule has 1 saturated heterocycles. The number of nitrogens with one attached hydrogen (secondary N) is 3. The van der Waals surface area contributed by atoms with Crippen molar-refractivity contribution >= 4 is 29.9 Å². The molecular weight excluding hydrogens is 386 g/mol. The van der Waals surface area contributed by atoms with E-state index in [2.05, 4.69) is 22.9 Å². The van der Waals surface area contributed by atoms with Crippen LogP contribution in [0.4, 0.5) is 5.69 Å². The molecule has 29 heavy (non-hydrogen) atoms. The molecule has 6 heteroatoms. The fourth-order valence-electron chi connectivity index (χ4n) is 4.49. The summed E-state index contributed by atoms with van der Waals surface area (Å²) in [6, 6.07) is 5.85. The minimum Gasteiger partial charge on any atom is -0.349 e. The predicted octanol–water partition coefficient (Wildman–Crippen LogP) is 4.44. The van der Waals surface area contributed by atoms with Gasteiger partial charge in [0, 0.05) is 23.7 Å². The van der Waals surface area contributed by atoms with E-state index < -0.39 is 0 Å². The highest BCUT2D eigenvalue weighted by atomic mass is 35.5. The van der Waals surface area contributed by atoms with Crippen LogP contribution in [-0.4, -0.2) is 30.9 Å². The minimum atomic E-state index is -0.00806. The van der Waals surface area contributed by atoms with Gasteiger partial charge in [-0.15, -0.1) is 12.4 Å². The van der Waals surface area contributed by atoms with Crippen LogP contribution >= 0.6 is 12.4 Å². The Hall–Kier alpha value is -1.59. The highest BCUT2D eigenvalue weighted by molar-refractivity contribution is 5.96. The molecule has 2 unspecified atom stereocenters. The molecule has 162 valence electrons. The number of hydrogen-bond acceptors (Lipinski definition) is 3. The molecule has 1 aromatic carbocycles. The van der Waals surface area contributed by atoms with Crippen LogP contribution < -0.4 is 16.0 Å². The third-order valence-corrected chi connectivity index (χ3v) is 6.35. The van der Waals surface area contributed by atoms with E-state index in [-0.39, 0.29) is 24.2 Å². The summed E-state index contributed by atoms with van der Waals surface area (Å²) in [5, 5.41) is 9.61. The molecule has 3 rings (SSSR count). The van der Waals surface area contributed by atoms with E-state index in [1.54, 1.807) is 0 Å². The van der Waals surface area contributed by atoms with Gasteiger partial charge in [0.25, 0.3) is 5.91 Å². The van der Waals surface area contributed by atoms with Crippen molar-refractivity contribution in [3.63, 3.8) is 0 Å². The van der Waals surface area contributed by atoms with Crippen LogP contribution in [0.2, 0.25) is 0 Å². The zero-order valence-corrected chi connectivity index (χ0v) is 18.6. The topological polar surface area (TPSA) is 70.2 Å². The Kier molecular flexibility index (Phi) is 9.44. The average molecular weight is 422 g/mol. The quantitative estimate of drug-likeness (QED) is 0.635. The highest BCUT2D eigenvalue weighted by Crippen LogP contribution is 2.24. The van der Waals surface area contributed by atoms with Crippen LogP contribution in [0.15, 0.2) is 18.2 Å². The molecule has 0 spiro atoms. The van der Waals surface area contributed by atoms with Crippen molar-refractivity contribution in [1.29, 1.82) is 0 Å². The Balaban J connectivity index is 0.00000300. The lowest BCUT2D eigenvalue weighted by Crippen LogP contribution is -2.36. The van der Waals surface area contributed by atoms with Crippen LogP contribution in [0.1, 0.15) is 74.2 Å². The molecule has 2 aliphatic rings. The summed E-state index contributed by atoms with van der Waals surface area (Å²) >= 11 is 0. The molecule has 1 saturated carbocycles. The molecule has 0 radical (unpaired) electrons. The lowest BCUT2D eigenvalue weighted by molar-refractivity contribution is -0.117. The van der Waals surface area contributed by atoms with Crippen LogP contribution in [0.25, 0.3) is 0 Å². The monoisotopic (exact) mass is 421 g/mol. The molecule has 1 aromatic rings. The molecular formula is C23H36ClN3O2. The summed E-state index contributed by atoms with van der Waals surface area (Å²) in [6.45, 7) is 6.22. The third-order valence-electron chi connectivity index (χ3n) is 6.35. The first-order chi connectivity index (χ1) is 13.5. The van der Waals surface area contributed by atoms with Crippen LogP contribution in [0, 0.1) is 18.8 Å². The van der Waals surface area contributed by atoms with Crippen molar-refractivity contribution in [2.24, 2.45) is 11.8 Å². The molecule has 1 heterocycles.